The first-order chi connectivity index (χ1) is 12.8. The molecule has 0 radical (unpaired) electrons. The second-order valence-electron chi connectivity index (χ2n) is 6.32. The Kier molecular flexibility index (Phi) is 4.93. The molecule has 2 aromatic heterocycles. The summed E-state index contributed by atoms with van der Waals surface area (Å²) in [4.78, 5) is 24.3. The van der Waals surface area contributed by atoms with Crippen molar-refractivity contribution in [1.82, 2.24) is 15.3 Å². The van der Waals surface area contributed by atoms with Gasteiger partial charge in [0.1, 0.15) is 15.7 Å². The number of nitrogens with zero attached hydrogens (tertiary/aromatic N) is 3. The van der Waals surface area contributed by atoms with Gasteiger partial charge in [0.15, 0.2) is 0 Å². The average Bonchev–Trinajstić information content (AvgIpc) is 3.20. The predicted molar refractivity (Wildman–Crippen MR) is 104 cm³/mol. The number of hydrogen-bond donors (Lipinski definition) is 1. The SMILES string of the molecule is O=C(NC1CCN(c2ccccn2)CC1)c1cnc(-c2ccccc2)s1. The Bertz CT molecular complexity index is 858. The molecular formula is C20H20N4OS. The maximum absolute atomic E-state index is 12.5. The summed E-state index contributed by atoms with van der Waals surface area (Å²) in [5.74, 6) is 0.980. The maximum Gasteiger partial charge on any atom is 0.263 e. The lowest BCUT2D eigenvalue weighted by Gasteiger charge is -2.33. The van der Waals surface area contributed by atoms with Crippen LogP contribution in [0.3, 0.4) is 0 Å². The Hall–Kier alpha value is -2.73. The summed E-state index contributed by atoms with van der Waals surface area (Å²) in [6.07, 6.45) is 5.34. The normalized spacial score (nSPS) is 15.0. The number of pyridine rings is 1. The van der Waals surface area contributed by atoms with Gasteiger partial charge in [0.05, 0.1) is 6.20 Å². The van der Waals surface area contributed by atoms with Crippen LogP contribution in [-0.4, -0.2) is 35.0 Å². The molecule has 0 spiro atoms. The molecule has 1 aromatic carbocycles. The largest absolute Gasteiger partial charge is 0.356 e. The minimum atomic E-state index is -0.0269. The third-order valence-electron chi connectivity index (χ3n) is 4.55. The number of piperidine rings is 1. The van der Waals surface area contributed by atoms with Gasteiger partial charge in [0.25, 0.3) is 5.91 Å². The summed E-state index contributed by atoms with van der Waals surface area (Å²) >= 11 is 1.44. The summed E-state index contributed by atoms with van der Waals surface area (Å²) in [5.41, 5.74) is 1.04. The minimum absolute atomic E-state index is 0.0269. The first kappa shape index (κ1) is 16.7. The average molecular weight is 364 g/mol. The number of rotatable bonds is 4. The maximum atomic E-state index is 12.5. The first-order valence-corrected chi connectivity index (χ1v) is 9.59. The number of carbonyl (C=O) groups excluding carboxylic acids is 1. The van der Waals surface area contributed by atoms with E-state index in [1.165, 1.54) is 11.3 Å². The van der Waals surface area contributed by atoms with Crippen molar-refractivity contribution in [2.45, 2.75) is 18.9 Å². The molecule has 0 saturated carbocycles. The molecule has 26 heavy (non-hydrogen) atoms. The molecule has 3 aromatic rings. The summed E-state index contributed by atoms with van der Waals surface area (Å²) < 4.78 is 0. The van der Waals surface area contributed by atoms with E-state index >= 15 is 0 Å². The van der Waals surface area contributed by atoms with E-state index in [0.717, 1.165) is 42.3 Å². The zero-order valence-electron chi connectivity index (χ0n) is 14.3. The van der Waals surface area contributed by atoms with Gasteiger partial charge in [-0.1, -0.05) is 36.4 Å². The second kappa shape index (κ2) is 7.66. The fraction of sp³-hybridized carbons (Fsp3) is 0.250. The third-order valence-corrected chi connectivity index (χ3v) is 5.60. The zero-order chi connectivity index (χ0) is 17.8. The van der Waals surface area contributed by atoms with Crippen LogP contribution in [0.25, 0.3) is 10.6 Å². The molecule has 0 aliphatic carbocycles. The van der Waals surface area contributed by atoms with E-state index in [1.54, 1.807) is 6.20 Å². The monoisotopic (exact) mass is 364 g/mol. The Labute approximate surface area is 156 Å². The summed E-state index contributed by atoms with van der Waals surface area (Å²) in [7, 11) is 0. The van der Waals surface area contributed by atoms with Crippen molar-refractivity contribution >= 4 is 23.1 Å². The molecule has 1 fully saturated rings. The minimum Gasteiger partial charge on any atom is -0.356 e. The number of benzene rings is 1. The molecule has 0 unspecified atom stereocenters. The molecule has 3 heterocycles. The molecule has 1 aliphatic rings. The van der Waals surface area contributed by atoms with Crippen LogP contribution in [0, 0.1) is 0 Å². The van der Waals surface area contributed by atoms with Gasteiger partial charge < -0.3 is 10.2 Å². The van der Waals surface area contributed by atoms with Gasteiger partial charge in [-0.05, 0) is 25.0 Å². The van der Waals surface area contributed by atoms with Gasteiger partial charge in [0, 0.05) is 30.9 Å². The molecule has 0 atom stereocenters. The molecule has 1 saturated heterocycles. The standard InChI is InChI=1S/C20H20N4OS/c25-19(17-14-22-20(26-17)15-6-2-1-3-7-15)23-16-9-12-24(13-10-16)18-8-4-5-11-21-18/h1-8,11,14,16H,9-10,12-13H2,(H,23,25). The molecule has 5 nitrogen and oxygen atoms in total. The molecule has 1 aliphatic heterocycles. The van der Waals surface area contributed by atoms with E-state index in [0.29, 0.717) is 4.88 Å². The second-order valence-corrected chi connectivity index (χ2v) is 7.35. The lowest BCUT2D eigenvalue weighted by molar-refractivity contribution is 0.0935. The highest BCUT2D eigenvalue weighted by molar-refractivity contribution is 7.16. The van der Waals surface area contributed by atoms with Gasteiger partial charge in [0.2, 0.25) is 0 Å². The van der Waals surface area contributed by atoms with Crippen LogP contribution in [0.1, 0.15) is 22.5 Å². The predicted octanol–water partition coefficient (Wildman–Crippen LogP) is 3.60. The summed E-state index contributed by atoms with van der Waals surface area (Å²) in [5, 5.41) is 4.03. The van der Waals surface area contributed by atoms with Crippen LogP contribution in [0.4, 0.5) is 5.82 Å². The third kappa shape index (κ3) is 3.75. The molecule has 0 bridgehead atoms. The zero-order valence-corrected chi connectivity index (χ0v) is 15.2. The Morgan fingerprint density at radius 2 is 1.81 bits per heavy atom. The molecule has 6 heteroatoms. The van der Waals surface area contributed by atoms with Gasteiger partial charge in [-0.15, -0.1) is 11.3 Å². The van der Waals surface area contributed by atoms with Crippen molar-refractivity contribution < 1.29 is 4.79 Å². The Morgan fingerprint density at radius 1 is 1.04 bits per heavy atom. The number of carbonyl (C=O) groups is 1. The molecule has 1 N–H and O–H groups in total. The van der Waals surface area contributed by atoms with Crippen molar-refractivity contribution in [3.63, 3.8) is 0 Å². The highest BCUT2D eigenvalue weighted by atomic mass is 32.1. The fourth-order valence-corrected chi connectivity index (χ4v) is 3.97. The number of nitrogens with one attached hydrogen (secondary N) is 1. The Morgan fingerprint density at radius 3 is 2.54 bits per heavy atom. The number of anilines is 1. The molecule has 4 rings (SSSR count). The van der Waals surface area contributed by atoms with Crippen molar-refractivity contribution in [2.75, 3.05) is 18.0 Å². The van der Waals surface area contributed by atoms with Gasteiger partial charge in [-0.3, -0.25) is 4.79 Å². The van der Waals surface area contributed by atoms with E-state index in [-0.39, 0.29) is 11.9 Å². The van der Waals surface area contributed by atoms with Crippen LogP contribution in [0.5, 0.6) is 0 Å². The van der Waals surface area contributed by atoms with Crippen LogP contribution >= 0.6 is 11.3 Å². The molecule has 132 valence electrons. The van der Waals surface area contributed by atoms with E-state index in [9.17, 15) is 4.79 Å². The van der Waals surface area contributed by atoms with Crippen LogP contribution in [0.2, 0.25) is 0 Å². The highest BCUT2D eigenvalue weighted by Gasteiger charge is 2.22. The number of thiazole rings is 1. The highest BCUT2D eigenvalue weighted by Crippen LogP contribution is 2.25. The van der Waals surface area contributed by atoms with E-state index < -0.39 is 0 Å². The van der Waals surface area contributed by atoms with Crippen molar-refractivity contribution in [2.24, 2.45) is 0 Å². The lowest BCUT2D eigenvalue weighted by Crippen LogP contribution is -2.44. The number of aromatic nitrogens is 2. The lowest BCUT2D eigenvalue weighted by atomic mass is 10.0. The van der Waals surface area contributed by atoms with Crippen LogP contribution < -0.4 is 10.2 Å². The molecular weight excluding hydrogens is 344 g/mol. The summed E-state index contributed by atoms with van der Waals surface area (Å²) in [6, 6.07) is 16.1. The quantitative estimate of drug-likeness (QED) is 0.768. The number of hydrogen-bond acceptors (Lipinski definition) is 5. The van der Waals surface area contributed by atoms with Crippen molar-refractivity contribution in [3.8, 4) is 10.6 Å². The van der Waals surface area contributed by atoms with E-state index in [4.69, 9.17) is 0 Å². The van der Waals surface area contributed by atoms with Crippen molar-refractivity contribution in [3.05, 3.63) is 65.8 Å². The van der Waals surface area contributed by atoms with E-state index in [1.807, 2.05) is 54.7 Å². The van der Waals surface area contributed by atoms with Gasteiger partial charge >= 0.3 is 0 Å². The van der Waals surface area contributed by atoms with Crippen molar-refractivity contribution in [1.29, 1.82) is 0 Å². The topological polar surface area (TPSA) is 58.1 Å². The Balaban J connectivity index is 1.34. The smallest absolute Gasteiger partial charge is 0.263 e. The van der Waals surface area contributed by atoms with E-state index in [2.05, 4.69) is 20.2 Å². The number of amides is 1. The fourth-order valence-electron chi connectivity index (χ4n) is 3.14. The van der Waals surface area contributed by atoms with Crippen LogP contribution in [0.15, 0.2) is 60.9 Å². The van der Waals surface area contributed by atoms with Gasteiger partial charge in [-0.25, -0.2) is 9.97 Å². The first-order valence-electron chi connectivity index (χ1n) is 8.78. The van der Waals surface area contributed by atoms with Crippen LogP contribution in [-0.2, 0) is 0 Å². The molecule has 1 amide bonds. The summed E-state index contributed by atoms with van der Waals surface area (Å²) in [6.45, 7) is 1.81. The van der Waals surface area contributed by atoms with Gasteiger partial charge in [-0.2, -0.15) is 0 Å².